The monoisotopic (exact) mass is 195 g/mol. The minimum atomic E-state index is -1.08. The van der Waals surface area contributed by atoms with Crippen molar-refractivity contribution >= 4 is 5.97 Å². The van der Waals surface area contributed by atoms with E-state index in [4.69, 9.17) is 10.8 Å². The maximum absolute atomic E-state index is 10.8. The molecule has 4 nitrogen and oxygen atoms in total. The quantitative estimate of drug-likeness (QED) is 0.666. The third-order valence-electron chi connectivity index (χ3n) is 2.10. The molecule has 0 aliphatic heterocycles. The molecule has 1 aromatic carbocycles. The van der Waals surface area contributed by atoms with Crippen LogP contribution in [0.2, 0.25) is 0 Å². The van der Waals surface area contributed by atoms with Gasteiger partial charge in [0, 0.05) is 11.6 Å². The fourth-order valence-electron chi connectivity index (χ4n) is 1.36. The number of benzene rings is 1. The van der Waals surface area contributed by atoms with Crippen molar-refractivity contribution in [3.05, 3.63) is 28.8 Å². The van der Waals surface area contributed by atoms with Gasteiger partial charge in [0.2, 0.25) is 0 Å². The van der Waals surface area contributed by atoms with Crippen LogP contribution in [0.25, 0.3) is 0 Å². The molecule has 0 aromatic heterocycles. The maximum atomic E-state index is 10.8. The summed E-state index contributed by atoms with van der Waals surface area (Å²) in [6.45, 7) is 3.34. The summed E-state index contributed by atoms with van der Waals surface area (Å²) in [5.74, 6) is -1.10. The number of carboxylic acids is 1. The van der Waals surface area contributed by atoms with Crippen molar-refractivity contribution in [3.8, 4) is 5.75 Å². The molecule has 0 amide bonds. The van der Waals surface area contributed by atoms with Gasteiger partial charge in [-0.05, 0) is 25.5 Å². The zero-order chi connectivity index (χ0) is 10.9. The molecule has 0 aliphatic rings. The summed E-state index contributed by atoms with van der Waals surface area (Å²) < 4.78 is 0. The van der Waals surface area contributed by atoms with E-state index in [0.29, 0.717) is 5.56 Å². The second-order valence-electron chi connectivity index (χ2n) is 3.29. The number of hydrogen-bond donors (Lipinski definition) is 3. The Bertz CT molecular complexity index is 372. The number of carboxylic acid groups (broad SMARTS) is 1. The average molecular weight is 195 g/mol. The van der Waals surface area contributed by atoms with Gasteiger partial charge in [-0.15, -0.1) is 0 Å². The van der Waals surface area contributed by atoms with Crippen molar-refractivity contribution < 1.29 is 15.0 Å². The molecule has 4 heteroatoms. The summed E-state index contributed by atoms with van der Waals surface area (Å²) in [6.07, 6.45) is 0. The molecule has 0 spiro atoms. The van der Waals surface area contributed by atoms with Crippen molar-refractivity contribution in [2.75, 3.05) is 0 Å². The van der Waals surface area contributed by atoms with Gasteiger partial charge in [-0.25, -0.2) is 4.79 Å². The third-order valence-corrected chi connectivity index (χ3v) is 2.10. The summed E-state index contributed by atoms with van der Waals surface area (Å²) in [7, 11) is 0. The van der Waals surface area contributed by atoms with Crippen LogP contribution in [0.5, 0.6) is 5.75 Å². The molecule has 1 rings (SSSR count). The van der Waals surface area contributed by atoms with E-state index >= 15 is 0 Å². The first kappa shape index (κ1) is 10.5. The number of rotatable bonds is 2. The van der Waals surface area contributed by atoms with Gasteiger partial charge in [-0.2, -0.15) is 0 Å². The van der Waals surface area contributed by atoms with Crippen LogP contribution in [-0.4, -0.2) is 16.2 Å². The molecule has 0 saturated carbocycles. The molecule has 0 bridgehead atoms. The second-order valence-corrected chi connectivity index (χ2v) is 3.29. The van der Waals surface area contributed by atoms with E-state index in [0.717, 1.165) is 0 Å². The number of aromatic hydroxyl groups is 1. The standard InChI is InChI=1S/C10H13NO3/c1-5-3-4-7(10(13)14)8(6(2)11)9(5)12/h3-4,6,12H,11H2,1-2H3,(H,13,14)/t6-/m0/s1. The molecule has 14 heavy (non-hydrogen) atoms. The summed E-state index contributed by atoms with van der Waals surface area (Å²) in [5, 5.41) is 18.5. The smallest absolute Gasteiger partial charge is 0.336 e. The lowest BCUT2D eigenvalue weighted by atomic mass is 9.98. The van der Waals surface area contributed by atoms with E-state index in [1.807, 2.05) is 0 Å². The molecular weight excluding hydrogens is 182 g/mol. The molecule has 1 aromatic rings. The number of nitrogens with two attached hydrogens (primary N) is 1. The number of hydrogen-bond acceptors (Lipinski definition) is 3. The van der Waals surface area contributed by atoms with Crippen LogP contribution in [0.3, 0.4) is 0 Å². The fraction of sp³-hybridized carbons (Fsp3) is 0.300. The van der Waals surface area contributed by atoms with Crippen LogP contribution in [0.4, 0.5) is 0 Å². The molecule has 0 unspecified atom stereocenters. The van der Waals surface area contributed by atoms with Crippen LogP contribution >= 0.6 is 0 Å². The fourth-order valence-corrected chi connectivity index (χ4v) is 1.36. The lowest BCUT2D eigenvalue weighted by molar-refractivity contribution is 0.0694. The molecule has 76 valence electrons. The van der Waals surface area contributed by atoms with Gasteiger partial charge in [0.05, 0.1) is 5.56 Å². The molecule has 0 aliphatic carbocycles. The van der Waals surface area contributed by atoms with Crippen molar-refractivity contribution in [1.82, 2.24) is 0 Å². The summed E-state index contributed by atoms with van der Waals surface area (Å²) in [4.78, 5) is 10.8. The SMILES string of the molecule is Cc1ccc(C(=O)O)c([C@H](C)N)c1O. The van der Waals surface area contributed by atoms with Crippen LogP contribution in [0, 0.1) is 6.92 Å². The highest BCUT2D eigenvalue weighted by Gasteiger charge is 2.18. The Morgan fingerprint density at radius 1 is 1.50 bits per heavy atom. The normalized spacial score (nSPS) is 12.5. The first-order chi connectivity index (χ1) is 6.45. The van der Waals surface area contributed by atoms with Crippen LogP contribution in [0.1, 0.15) is 34.5 Å². The van der Waals surface area contributed by atoms with Crippen LogP contribution in [-0.2, 0) is 0 Å². The zero-order valence-corrected chi connectivity index (χ0v) is 8.11. The third kappa shape index (κ3) is 1.70. The van der Waals surface area contributed by atoms with E-state index in [9.17, 15) is 9.90 Å². The van der Waals surface area contributed by atoms with E-state index < -0.39 is 12.0 Å². The Balaban J connectivity index is 3.45. The van der Waals surface area contributed by atoms with Gasteiger partial charge in [-0.1, -0.05) is 6.07 Å². The number of aryl methyl sites for hydroxylation is 1. The highest BCUT2D eigenvalue weighted by molar-refractivity contribution is 5.90. The average Bonchev–Trinajstić information content (AvgIpc) is 2.08. The summed E-state index contributed by atoms with van der Waals surface area (Å²) in [6, 6.07) is 2.52. The van der Waals surface area contributed by atoms with Crippen LogP contribution in [0.15, 0.2) is 12.1 Å². The lowest BCUT2D eigenvalue weighted by Crippen LogP contribution is -2.12. The second kappa shape index (κ2) is 3.67. The molecule has 4 N–H and O–H groups in total. The number of phenols is 1. The van der Waals surface area contributed by atoms with E-state index in [2.05, 4.69) is 0 Å². The molecule has 0 fully saturated rings. The van der Waals surface area contributed by atoms with Crippen molar-refractivity contribution in [2.45, 2.75) is 19.9 Å². The molecule has 0 saturated heterocycles. The van der Waals surface area contributed by atoms with Crippen molar-refractivity contribution in [3.63, 3.8) is 0 Å². The largest absolute Gasteiger partial charge is 0.507 e. The van der Waals surface area contributed by atoms with Gasteiger partial charge < -0.3 is 15.9 Å². The van der Waals surface area contributed by atoms with Gasteiger partial charge >= 0.3 is 5.97 Å². The Kier molecular flexibility index (Phi) is 2.76. The summed E-state index contributed by atoms with van der Waals surface area (Å²) >= 11 is 0. The zero-order valence-electron chi connectivity index (χ0n) is 8.11. The Labute approximate surface area is 82.0 Å². The minimum absolute atomic E-state index is 0.0279. The van der Waals surface area contributed by atoms with E-state index in [1.54, 1.807) is 19.9 Å². The Hall–Kier alpha value is -1.55. The van der Waals surface area contributed by atoms with Crippen molar-refractivity contribution in [1.29, 1.82) is 0 Å². The molecule has 0 heterocycles. The molecule has 0 radical (unpaired) electrons. The number of aromatic carboxylic acids is 1. The minimum Gasteiger partial charge on any atom is -0.507 e. The topological polar surface area (TPSA) is 83.5 Å². The summed E-state index contributed by atoms with van der Waals surface area (Å²) in [5.41, 5.74) is 6.57. The number of phenolic OH excluding ortho intramolecular Hbond substituents is 1. The van der Waals surface area contributed by atoms with Gasteiger partial charge in [0.15, 0.2) is 0 Å². The molecular formula is C10H13NO3. The lowest BCUT2D eigenvalue weighted by Gasteiger charge is -2.13. The highest BCUT2D eigenvalue weighted by atomic mass is 16.4. The number of carbonyl (C=O) groups is 1. The highest BCUT2D eigenvalue weighted by Crippen LogP contribution is 2.29. The first-order valence-electron chi connectivity index (χ1n) is 4.26. The van der Waals surface area contributed by atoms with Crippen molar-refractivity contribution in [2.24, 2.45) is 5.73 Å². The Morgan fingerprint density at radius 3 is 2.50 bits per heavy atom. The van der Waals surface area contributed by atoms with Gasteiger partial charge in [0.1, 0.15) is 5.75 Å². The van der Waals surface area contributed by atoms with Gasteiger partial charge in [-0.3, -0.25) is 0 Å². The predicted molar refractivity (Wildman–Crippen MR) is 52.4 cm³/mol. The predicted octanol–water partition coefficient (Wildman–Crippen LogP) is 1.42. The van der Waals surface area contributed by atoms with Crippen LogP contribution < -0.4 is 5.73 Å². The first-order valence-corrected chi connectivity index (χ1v) is 4.26. The molecule has 1 atom stereocenters. The van der Waals surface area contributed by atoms with Gasteiger partial charge in [0.25, 0.3) is 0 Å². The maximum Gasteiger partial charge on any atom is 0.336 e. The Morgan fingerprint density at radius 2 is 2.07 bits per heavy atom. The van der Waals surface area contributed by atoms with E-state index in [-0.39, 0.29) is 16.9 Å². The van der Waals surface area contributed by atoms with E-state index in [1.165, 1.54) is 6.07 Å².